The third-order valence-electron chi connectivity index (χ3n) is 4.06. The van der Waals surface area contributed by atoms with E-state index in [0.717, 1.165) is 29.4 Å². The van der Waals surface area contributed by atoms with Gasteiger partial charge in [-0.2, -0.15) is 0 Å². The highest BCUT2D eigenvalue weighted by Crippen LogP contribution is 2.42. The molecule has 0 amide bonds. The molecule has 0 spiro atoms. The largest absolute Gasteiger partial charge is 0.497 e. The van der Waals surface area contributed by atoms with E-state index >= 15 is 0 Å². The molecule has 17 heavy (non-hydrogen) atoms. The number of nitrogens with two attached hydrogens (primary N) is 1. The van der Waals surface area contributed by atoms with Crippen molar-refractivity contribution in [3.8, 4) is 11.5 Å². The van der Waals surface area contributed by atoms with Gasteiger partial charge in [-0.1, -0.05) is 6.42 Å². The molecule has 0 aromatic heterocycles. The average Bonchev–Trinajstić information content (AvgIpc) is 2.26. The number of benzene rings is 1. The first-order valence-electron chi connectivity index (χ1n) is 6.38. The molecule has 3 heteroatoms. The maximum atomic E-state index is 6.24. The van der Waals surface area contributed by atoms with Crippen LogP contribution in [0.1, 0.15) is 37.3 Å². The lowest BCUT2D eigenvalue weighted by Gasteiger charge is -2.39. The molecule has 0 saturated heterocycles. The second-order valence-electron chi connectivity index (χ2n) is 5.09. The third-order valence-corrected chi connectivity index (χ3v) is 4.06. The van der Waals surface area contributed by atoms with Gasteiger partial charge in [0, 0.05) is 18.0 Å². The fraction of sp³-hybridized carbons (Fsp3) is 0.571. The summed E-state index contributed by atoms with van der Waals surface area (Å²) >= 11 is 0. The first kappa shape index (κ1) is 10.9. The van der Waals surface area contributed by atoms with E-state index in [1.54, 1.807) is 7.11 Å². The topological polar surface area (TPSA) is 44.5 Å². The molecule has 1 aliphatic carbocycles. The van der Waals surface area contributed by atoms with E-state index < -0.39 is 0 Å². The van der Waals surface area contributed by atoms with E-state index in [1.807, 2.05) is 18.2 Å². The van der Waals surface area contributed by atoms with E-state index in [2.05, 4.69) is 0 Å². The monoisotopic (exact) mass is 233 g/mol. The summed E-state index contributed by atoms with van der Waals surface area (Å²) in [5.74, 6) is 2.52. The lowest BCUT2D eigenvalue weighted by atomic mass is 9.77. The fourth-order valence-electron chi connectivity index (χ4n) is 2.74. The highest BCUT2D eigenvalue weighted by atomic mass is 16.5. The summed E-state index contributed by atoms with van der Waals surface area (Å²) in [7, 11) is 1.67. The van der Waals surface area contributed by atoms with Crippen LogP contribution in [-0.2, 0) is 0 Å². The molecule has 1 fully saturated rings. The fourth-order valence-corrected chi connectivity index (χ4v) is 2.74. The lowest BCUT2D eigenvalue weighted by molar-refractivity contribution is 0.0578. The predicted octanol–water partition coefficient (Wildman–Crippen LogP) is 2.65. The van der Waals surface area contributed by atoms with Crippen LogP contribution in [-0.4, -0.2) is 13.2 Å². The Kier molecular flexibility index (Phi) is 2.71. The van der Waals surface area contributed by atoms with Crippen molar-refractivity contribution >= 4 is 0 Å². The molecule has 1 aromatic rings. The van der Waals surface area contributed by atoms with E-state index in [9.17, 15) is 0 Å². The van der Waals surface area contributed by atoms with Crippen molar-refractivity contribution in [3.63, 3.8) is 0 Å². The summed E-state index contributed by atoms with van der Waals surface area (Å²) in [6.07, 6.45) is 5.19. The molecule has 92 valence electrons. The smallest absolute Gasteiger partial charge is 0.124 e. The number of ether oxygens (including phenoxy) is 2. The van der Waals surface area contributed by atoms with Crippen molar-refractivity contribution in [2.75, 3.05) is 7.11 Å². The molecule has 2 atom stereocenters. The zero-order valence-corrected chi connectivity index (χ0v) is 10.2. The van der Waals surface area contributed by atoms with Crippen LogP contribution in [0.2, 0.25) is 0 Å². The summed E-state index contributed by atoms with van der Waals surface area (Å²) in [6.45, 7) is 0. The SMILES string of the molecule is COc1ccc2c(c1)C(N)CC(C1CCC1)O2. The van der Waals surface area contributed by atoms with Crippen molar-refractivity contribution in [1.29, 1.82) is 0 Å². The van der Waals surface area contributed by atoms with E-state index in [0.29, 0.717) is 6.10 Å². The van der Waals surface area contributed by atoms with Crippen LogP contribution in [0.5, 0.6) is 11.5 Å². The maximum Gasteiger partial charge on any atom is 0.124 e. The first-order chi connectivity index (χ1) is 8.28. The Bertz CT molecular complexity index is 415. The van der Waals surface area contributed by atoms with Crippen molar-refractivity contribution in [2.24, 2.45) is 11.7 Å². The van der Waals surface area contributed by atoms with Crippen molar-refractivity contribution < 1.29 is 9.47 Å². The highest BCUT2D eigenvalue weighted by molar-refractivity contribution is 5.43. The summed E-state index contributed by atoms with van der Waals surface area (Å²) in [5.41, 5.74) is 7.32. The molecule has 0 radical (unpaired) electrons. The minimum Gasteiger partial charge on any atom is -0.497 e. The van der Waals surface area contributed by atoms with Crippen LogP contribution in [0.3, 0.4) is 0 Å². The molecule has 1 aliphatic heterocycles. The van der Waals surface area contributed by atoms with Crippen LogP contribution in [0.25, 0.3) is 0 Å². The van der Waals surface area contributed by atoms with Crippen LogP contribution in [0.4, 0.5) is 0 Å². The van der Waals surface area contributed by atoms with Crippen LogP contribution in [0, 0.1) is 5.92 Å². The van der Waals surface area contributed by atoms with Gasteiger partial charge in [0.2, 0.25) is 0 Å². The second-order valence-corrected chi connectivity index (χ2v) is 5.09. The molecule has 3 rings (SSSR count). The van der Waals surface area contributed by atoms with Gasteiger partial charge in [0.1, 0.15) is 17.6 Å². The summed E-state index contributed by atoms with van der Waals surface area (Å²) in [5, 5.41) is 0. The predicted molar refractivity (Wildman–Crippen MR) is 66.3 cm³/mol. The van der Waals surface area contributed by atoms with Crippen LogP contribution in [0.15, 0.2) is 18.2 Å². The quantitative estimate of drug-likeness (QED) is 0.854. The zero-order valence-electron chi connectivity index (χ0n) is 10.2. The molecule has 3 nitrogen and oxygen atoms in total. The molecular formula is C14H19NO2. The summed E-state index contributed by atoms with van der Waals surface area (Å²) in [6, 6.07) is 6.00. The van der Waals surface area contributed by atoms with Gasteiger partial charge in [-0.25, -0.2) is 0 Å². The molecule has 1 aromatic carbocycles. The standard InChI is InChI=1S/C14H19NO2/c1-16-10-5-6-13-11(7-10)12(15)8-14(17-13)9-3-2-4-9/h5-7,9,12,14H,2-4,8,15H2,1H3. The number of hydrogen-bond donors (Lipinski definition) is 1. The summed E-state index contributed by atoms with van der Waals surface area (Å²) in [4.78, 5) is 0. The van der Waals surface area contributed by atoms with Gasteiger partial charge in [-0.05, 0) is 37.0 Å². The Morgan fingerprint density at radius 2 is 2.18 bits per heavy atom. The van der Waals surface area contributed by atoms with E-state index in [-0.39, 0.29) is 6.04 Å². The Hall–Kier alpha value is -1.22. The molecule has 2 N–H and O–H groups in total. The minimum absolute atomic E-state index is 0.0828. The van der Waals surface area contributed by atoms with Crippen molar-refractivity contribution in [2.45, 2.75) is 37.8 Å². The van der Waals surface area contributed by atoms with E-state index in [1.165, 1.54) is 19.3 Å². The Balaban J connectivity index is 1.85. The molecule has 2 aliphatic rings. The van der Waals surface area contributed by atoms with Crippen molar-refractivity contribution in [3.05, 3.63) is 23.8 Å². The van der Waals surface area contributed by atoms with Gasteiger partial charge in [0.05, 0.1) is 7.11 Å². The highest BCUT2D eigenvalue weighted by Gasteiger charge is 2.34. The van der Waals surface area contributed by atoms with Gasteiger partial charge >= 0.3 is 0 Å². The number of methoxy groups -OCH3 is 1. The lowest BCUT2D eigenvalue weighted by Crippen LogP contribution is -2.38. The van der Waals surface area contributed by atoms with Crippen LogP contribution < -0.4 is 15.2 Å². The van der Waals surface area contributed by atoms with Gasteiger partial charge in [0.25, 0.3) is 0 Å². The van der Waals surface area contributed by atoms with Crippen molar-refractivity contribution in [1.82, 2.24) is 0 Å². The Labute approximate surface area is 102 Å². The molecule has 0 bridgehead atoms. The first-order valence-corrected chi connectivity index (χ1v) is 6.38. The van der Waals surface area contributed by atoms with Gasteiger partial charge in [-0.3, -0.25) is 0 Å². The normalized spacial score (nSPS) is 27.9. The minimum atomic E-state index is 0.0828. The van der Waals surface area contributed by atoms with Crippen LogP contribution >= 0.6 is 0 Å². The molecule has 2 unspecified atom stereocenters. The number of rotatable bonds is 2. The van der Waals surface area contributed by atoms with Gasteiger partial charge in [0.15, 0.2) is 0 Å². The molecule has 1 heterocycles. The van der Waals surface area contributed by atoms with Gasteiger partial charge < -0.3 is 15.2 Å². The number of fused-ring (bicyclic) bond motifs is 1. The summed E-state index contributed by atoms with van der Waals surface area (Å²) < 4.78 is 11.3. The maximum absolute atomic E-state index is 6.24. The average molecular weight is 233 g/mol. The Morgan fingerprint density at radius 3 is 2.82 bits per heavy atom. The zero-order chi connectivity index (χ0) is 11.8. The Morgan fingerprint density at radius 1 is 1.35 bits per heavy atom. The molecular weight excluding hydrogens is 214 g/mol. The number of hydrogen-bond acceptors (Lipinski definition) is 3. The van der Waals surface area contributed by atoms with E-state index in [4.69, 9.17) is 15.2 Å². The second kappa shape index (κ2) is 4.22. The van der Waals surface area contributed by atoms with Gasteiger partial charge in [-0.15, -0.1) is 0 Å². The molecule has 1 saturated carbocycles. The third kappa shape index (κ3) is 1.89.